The Hall–Kier alpha value is -1.92. The maximum atomic E-state index is 12.3. The highest BCUT2D eigenvalue weighted by atomic mass is 79.9. The van der Waals surface area contributed by atoms with Gasteiger partial charge in [0, 0.05) is 28.8 Å². The average molecular weight is 451 g/mol. The average Bonchev–Trinajstić information content (AvgIpc) is 2.87. The van der Waals surface area contributed by atoms with Gasteiger partial charge in [-0.2, -0.15) is 0 Å². The lowest BCUT2D eigenvalue weighted by molar-refractivity contribution is -0.110. The minimum Gasteiger partial charge on any atom is -0.506 e. The maximum absolute atomic E-state index is 12.3. The maximum Gasteiger partial charge on any atom is 0.256 e. The summed E-state index contributed by atoms with van der Waals surface area (Å²) in [5.41, 5.74) is 3.22. The van der Waals surface area contributed by atoms with E-state index in [4.69, 9.17) is 0 Å². The highest BCUT2D eigenvalue weighted by Crippen LogP contribution is 2.37. The molecule has 0 aliphatic carbocycles. The van der Waals surface area contributed by atoms with E-state index < -0.39 is 0 Å². The molecule has 1 aliphatic rings. The molecule has 0 unspecified atom stereocenters. The number of aromatic hydroxyl groups is 1. The lowest BCUT2D eigenvalue weighted by atomic mass is 9.99. The number of nitrogens with one attached hydrogen (secondary N) is 1. The first-order chi connectivity index (χ1) is 11.4. The van der Waals surface area contributed by atoms with Gasteiger partial charge in [0.05, 0.1) is 8.95 Å². The van der Waals surface area contributed by atoms with Crippen molar-refractivity contribution < 1.29 is 14.7 Å². The Morgan fingerprint density at radius 1 is 1.21 bits per heavy atom. The van der Waals surface area contributed by atoms with Gasteiger partial charge in [0.25, 0.3) is 5.91 Å². The van der Waals surface area contributed by atoms with Gasteiger partial charge < -0.3 is 10.4 Å². The quantitative estimate of drug-likeness (QED) is 0.510. The molecule has 0 atom stereocenters. The van der Waals surface area contributed by atoms with Gasteiger partial charge in [-0.1, -0.05) is 6.92 Å². The van der Waals surface area contributed by atoms with E-state index in [0.29, 0.717) is 37.8 Å². The highest BCUT2D eigenvalue weighted by molar-refractivity contribution is 9.11. The third-order valence-corrected chi connectivity index (χ3v) is 5.00. The van der Waals surface area contributed by atoms with Crippen molar-refractivity contribution in [3.63, 3.8) is 0 Å². The molecule has 6 heteroatoms. The third kappa shape index (κ3) is 3.03. The van der Waals surface area contributed by atoms with Crippen LogP contribution in [0.25, 0.3) is 11.6 Å². The first-order valence-electron chi connectivity index (χ1n) is 7.29. The van der Waals surface area contributed by atoms with Crippen molar-refractivity contribution in [3.8, 4) is 5.75 Å². The molecule has 0 saturated heterocycles. The number of carbonyl (C=O) groups is 2. The van der Waals surface area contributed by atoms with Crippen molar-refractivity contribution in [2.24, 2.45) is 0 Å². The fraction of sp³-hybridized carbons (Fsp3) is 0.111. The van der Waals surface area contributed by atoms with Gasteiger partial charge in [0.15, 0.2) is 5.78 Å². The number of phenols is 1. The molecule has 0 radical (unpaired) electrons. The summed E-state index contributed by atoms with van der Waals surface area (Å²) >= 11 is 6.56. The fourth-order valence-corrected chi connectivity index (χ4v) is 3.77. The number of fused-ring (bicyclic) bond motifs is 1. The Morgan fingerprint density at radius 3 is 2.50 bits per heavy atom. The first-order valence-corrected chi connectivity index (χ1v) is 8.88. The number of hydrogen-bond acceptors (Lipinski definition) is 3. The molecule has 0 saturated carbocycles. The van der Waals surface area contributed by atoms with Crippen LogP contribution in [0.15, 0.2) is 39.3 Å². The molecule has 3 rings (SSSR count). The molecule has 1 aliphatic heterocycles. The molecule has 0 aromatic heterocycles. The SMILES string of the molecule is CCC(=O)c1ccc2c(c1)/C(=C/c1cc(Br)c(O)c(Br)c1)C(=O)N2. The second kappa shape index (κ2) is 6.53. The van der Waals surface area contributed by atoms with Crippen molar-refractivity contribution in [1.82, 2.24) is 0 Å². The smallest absolute Gasteiger partial charge is 0.256 e. The number of rotatable bonds is 3. The summed E-state index contributed by atoms with van der Waals surface area (Å²) in [4.78, 5) is 24.2. The normalized spacial score (nSPS) is 14.6. The van der Waals surface area contributed by atoms with Crippen molar-refractivity contribution in [1.29, 1.82) is 0 Å². The number of Topliss-reactive ketones (excluding diaryl/α,β-unsaturated/α-hetero) is 1. The van der Waals surface area contributed by atoms with Gasteiger partial charge in [-0.3, -0.25) is 9.59 Å². The number of hydrogen-bond donors (Lipinski definition) is 2. The molecule has 2 aromatic rings. The molecule has 0 bridgehead atoms. The molecule has 0 spiro atoms. The zero-order valence-corrected chi connectivity index (χ0v) is 15.9. The number of halogens is 2. The minimum absolute atomic E-state index is 0.0339. The van der Waals surface area contributed by atoms with Crippen LogP contribution in [-0.4, -0.2) is 16.8 Å². The number of phenolic OH excluding ortho intramolecular Hbond substituents is 1. The molecule has 2 aromatic carbocycles. The Morgan fingerprint density at radius 2 is 1.88 bits per heavy atom. The van der Waals surface area contributed by atoms with Crippen molar-refractivity contribution in [2.75, 3.05) is 5.32 Å². The van der Waals surface area contributed by atoms with Crippen molar-refractivity contribution >= 4 is 60.9 Å². The molecule has 1 heterocycles. The topological polar surface area (TPSA) is 66.4 Å². The van der Waals surface area contributed by atoms with E-state index in [2.05, 4.69) is 37.2 Å². The molecule has 1 amide bonds. The molecular formula is C18H13Br2NO3. The Labute approximate surface area is 155 Å². The summed E-state index contributed by atoms with van der Waals surface area (Å²) in [6.45, 7) is 1.81. The Bertz CT molecular complexity index is 880. The first kappa shape index (κ1) is 16.9. The van der Waals surface area contributed by atoms with Gasteiger partial charge >= 0.3 is 0 Å². The molecule has 4 nitrogen and oxygen atoms in total. The highest BCUT2D eigenvalue weighted by Gasteiger charge is 2.25. The molecule has 0 fully saturated rings. The molecular weight excluding hydrogens is 438 g/mol. The van der Waals surface area contributed by atoms with E-state index in [1.807, 2.05) is 0 Å². The van der Waals surface area contributed by atoms with Crippen LogP contribution >= 0.6 is 31.9 Å². The zero-order chi connectivity index (χ0) is 17.4. The van der Waals surface area contributed by atoms with Crippen LogP contribution in [0.2, 0.25) is 0 Å². The summed E-state index contributed by atoms with van der Waals surface area (Å²) in [5, 5.41) is 12.6. The predicted molar refractivity (Wildman–Crippen MR) is 101 cm³/mol. The van der Waals surface area contributed by atoms with E-state index >= 15 is 0 Å². The van der Waals surface area contributed by atoms with E-state index in [1.165, 1.54) is 0 Å². The van der Waals surface area contributed by atoms with Crippen LogP contribution in [0.4, 0.5) is 5.69 Å². The third-order valence-electron chi connectivity index (χ3n) is 3.80. The summed E-state index contributed by atoms with van der Waals surface area (Å²) < 4.78 is 1.05. The van der Waals surface area contributed by atoms with Crippen molar-refractivity contribution in [3.05, 3.63) is 56.0 Å². The van der Waals surface area contributed by atoms with E-state index in [9.17, 15) is 14.7 Å². The Balaban J connectivity index is 2.10. The lowest BCUT2D eigenvalue weighted by Gasteiger charge is -2.05. The van der Waals surface area contributed by atoms with E-state index in [-0.39, 0.29) is 17.4 Å². The summed E-state index contributed by atoms with van der Waals surface area (Å²) in [5.74, 6) is -0.0812. The predicted octanol–water partition coefficient (Wildman–Crippen LogP) is 5.00. The summed E-state index contributed by atoms with van der Waals surface area (Å²) in [6.07, 6.45) is 2.15. The van der Waals surface area contributed by atoms with Gasteiger partial charge in [-0.25, -0.2) is 0 Å². The van der Waals surface area contributed by atoms with E-state index in [0.717, 1.165) is 5.56 Å². The number of ketones is 1. The number of benzene rings is 2. The van der Waals surface area contributed by atoms with Gasteiger partial charge in [-0.15, -0.1) is 0 Å². The fourth-order valence-electron chi connectivity index (χ4n) is 2.54. The number of anilines is 1. The number of amides is 1. The molecule has 24 heavy (non-hydrogen) atoms. The van der Waals surface area contributed by atoms with Crippen LogP contribution in [0.5, 0.6) is 5.75 Å². The second-order valence-electron chi connectivity index (χ2n) is 5.38. The van der Waals surface area contributed by atoms with Crippen LogP contribution in [-0.2, 0) is 4.79 Å². The van der Waals surface area contributed by atoms with Crippen LogP contribution in [0, 0.1) is 0 Å². The molecule has 2 N–H and O–H groups in total. The van der Waals surface area contributed by atoms with Crippen molar-refractivity contribution in [2.45, 2.75) is 13.3 Å². The summed E-state index contributed by atoms with van der Waals surface area (Å²) in [7, 11) is 0. The number of carbonyl (C=O) groups excluding carboxylic acids is 2. The second-order valence-corrected chi connectivity index (χ2v) is 7.09. The molecule has 122 valence electrons. The summed E-state index contributed by atoms with van der Waals surface area (Å²) in [6, 6.07) is 8.66. The Kier molecular flexibility index (Phi) is 4.60. The van der Waals surface area contributed by atoms with Crippen LogP contribution in [0.1, 0.15) is 34.8 Å². The van der Waals surface area contributed by atoms with Gasteiger partial charge in [-0.05, 0) is 73.8 Å². The van der Waals surface area contributed by atoms with Crippen LogP contribution in [0.3, 0.4) is 0 Å². The standard InChI is InChI=1S/C18H13Br2NO3/c1-2-16(22)10-3-4-15-11(8-10)12(18(24)21-15)5-9-6-13(19)17(23)14(20)7-9/h3-8,23H,2H2,1H3,(H,21,24)/b12-5-. The van der Waals surface area contributed by atoms with E-state index in [1.54, 1.807) is 43.3 Å². The van der Waals surface area contributed by atoms with Crippen LogP contribution < -0.4 is 5.32 Å². The van der Waals surface area contributed by atoms with Gasteiger partial charge in [0.1, 0.15) is 5.75 Å². The van der Waals surface area contributed by atoms with Gasteiger partial charge in [0.2, 0.25) is 0 Å². The lowest BCUT2D eigenvalue weighted by Crippen LogP contribution is -2.03. The monoisotopic (exact) mass is 449 g/mol. The minimum atomic E-state index is -0.216. The zero-order valence-electron chi connectivity index (χ0n) is 12.7. The largest absolute Gasteiger partial charge is 0.506 e.